The summed E-state index contributed by atoms with van der Waals surface area (Å²) < 4.78 is 5.38. The molecule has 0 radical (unpaired) electrons. The summed E-state index contributed by atoms with van der Waals surface area (Å²) in [6.07, 6.45) is 7.29. The Morgan fingerprint density at radius 2 is 1.87 bits per heavy atom. The Bertz CT molecular complexity index is 195. The van der Waals surface area contributed by atoms with Crippen molar-refractivity contribution in [3.63, 3.8) is 0 Å². The number of rotatable bonds is 4. The van der Waals surface area contributed by atoms with Gasteiger partial charge in [0.25, 0.3) is 0 Å². The molecule has 0 amide bonds. The van der Waals surface area contributed by atoms with Crippen LogP contribution in [-0.2, 0) is 9.53 Å². The van der Waals surface area contributed by atoms with Crippen LogP contribution in [0.3, 0.4) is 0 Å². The molecule has 2 unspecified atom stereocenters. The van der Waals surface area contributed by atoms with Gasteiger partial charge in [0, 0.05) is 0 Å². The van der Waals surface area contributed by atoms with Gasteiger partial charge in [0.1, 0.15) is 0 Å². The predicted molar refractivity (Wildman–Crippen MR) is 61.6 cm³/mol. The first kappa shape index (κ1) is 12.5. The Kier molecular flexibility index (Phi) is 5.13. The van der Waals surface area contributed by atoms with E-state index >= 15 is 0 Å². The molecule has 0 saturated heterocycles. The van der Waals surface area contributed by atoms with Gasteiger partial charge in [0.15, 0.2) is 0 Å². The fraction of sp³-hybridized carbons (Fsp3) is 0.923. The van der Waals surface area contributed by atoms with Crippen LogP contribution in [0.25, 0.3) is 0 Å². The average Bonchev–Trinajstić information content (AvgIpc) is 2.29. The van der Waals surface area contributed by atoms with Crippen molar-refractivity contribution in [3.8, 4) is 0 Å². The standard InChI is InChI=1S/C13H24O2/c1-4-10(2)15-13(14)11(3)12-8-6-5-7-9-12/h10-12H,4-9H2,1-3H3. The highest BCUT2D eigenvalue weighted by Crippen LogP contribution is 2.30. The lowest BCUT2D eigenvalue weighted by atomic mass is 9.81. The van der Waals surface area contributed by atoms with E-state index in [4.69, 9.17) is 4.74 Å². The van der Waals surface area contributed by atoms with Gasteiger partial charge >= 0.3 is 5.97 Å². The van der Waals surface area contributed by atoms with Crippen LogP contribution in [0.5, 0.6) is 0 Å². The van der Waals surface area contributed by atoms with Crippen molar-refractivity contribution in [2.75, 3.05) is 0 Å². The first-order valence-corrected chi connectivity index (χ1v) is 6.35. The SMILES string of the molecule is CCC(C)OC(=O)C(C)C1CCCCC1. The first-order valence-electron chi connectivity index (χ1n) is 6.35. The van der Waals surface area contributed by atoms with Crippen LogP contribution in [0.15, 0.2) is 0 Å². The molecular weight excluding hydrogens is 188 g/mol. The highest BCUT2D eigenvalue weighted by atomic mass is 16.5. The zero-order valence-corrected chi connectivity index (χ0v) is 10.3. The Morgan fingerprint density at radius 1 is 1.27 bits per heavy atom. The normalized spacial score (nSPS) is 22.1. The predicted octanol–water partition coefficient (Wildman–Crippen LogP) is 3.54. The Morgan fingerprint density at radius 3 is 2.40 bits per heavy atom. The van der Waals surface area contributed by atoms with Gasteiger partial charge in [-0.15, -0.1) is 0 Å². The molecule has 0 bridgehead atoms. The monoisotopic (exact) mass is 212 g/mol. The number of esters is 1. The Hall–Kier alpha value is -0.530. The van der Waals surface area contributed by atoms with E-state index in [0.717, 1.165) is 6.42 Å². The number of hydrogen-bond acceptors (Lipinski definition) is 2. The van der Waals surface area contributed by atoms with E-state index in [1.165, 1.54) is 32.1 Å². The van der Waals surface area contributed by atoms with Gasteiger partial charge in [-0.1, -0.05) is 33.1 Å². The third-order valence-corrected chi connectivity index (χ3v) is 3.62. The van der Waals surface area contributed by atoms with Crippen LogP contribution < -0.4 is 0 Å². The Labute approximate surface area is 93.4 Å². The molecule has 2 atom stereocenters. The molecule has 1 fully saturated rings. The van der Waals surface area contributed by atoms with Crippen molar-refractivity contribution >= 4 is 5.97 Å². The maximum absolute atomic E-state index is 11.8. The highest BCUT2D eigenvalue weighted by Gasteiger charge is 2.27. The maximum atomic E-state index is 11.8. The van der Waals surface area contributed by atoms with Crippen LogP contribution in [0.1, 0.15) is 59.3 Å². The zero-order valence-electron chi connectivity index (χ0n) is 10.3. The van der Waals surface area contributed by atoms with Gasteiger partial charge in [-0.25, -0.2) is 0 Å². The van der Waals surface area contributed by atoms with Gasteiger partial charge in [0.05, 0.1) is 12.0 Å². The largest absolute Gasteiger partial charge is 0.462 e. The molecule has 1 saturated carbocycles. The van der Waals surface area contributed by atoms with Crippen LogP contribution in [0.4, 0.5) is 0 Å². The molecular formula is C13H24O2. The summed E-state index contributed by atoms with van der Waals surface area (Å²) in [5, 5.41) is 0. The molecule has 0 aromatic heterocycles. The van der Waals surface area contributed by atoms with Crippen molar-refractivity contribution in [3.05, 3.63) is 0 Å². The second kappa shape index (κ2) is 6.14. The minimum atomic E-state index is 0.0104. The van der Waals surface area contributed by atoms with Crippen LogP contribution in [-0.4, -0.2) is 12.1 Å². The van der Waals surface area contributed by atoms with Crippen molar-refractivity contribution in [2.24, 2.45) is 11.8 Å². The van der Waals surface area contributed by atoms with E-state index in [-0.39, 0.29) is 18.0 Å². The van der Waals surface area contributed by atoms with E-state index in [1.807, 2.05) is 20.8 Å². The van der Waals surface area contributed by atoms with E-state index in [2.05, 4.69) is 0 Å². The molecule has 1 rings (SSSR count). The summed E-state index contributed by atoms with van der Waals surface area (Å²) in [4.78, 5) is 11.8. The van der Waals surface area contributed by atoms with Gasteiger partial charge in [-0.3, -0.25) is 4.79 Å². The van der Waals surface area contributed by atoms with Crippen molar-refractivity contribution in [2.45, 2.75) is 65.4 Å². The number of carbonyl (C=O) groups excluding carboxylic acids is 1. The maximum Gasteiger partial charge on any atom is 0.309 e. The fourth-order valence-corrected chi connectivity index (χ4v) is 2.22. The average molecular weight is 212 g/mol. The van der Waals surface area contributed by atoms with E-state index in [9.17, 15) is 4.79 Å². The molecule has 0 aromatic carbocycles. The molecule has 0 spiro atoms. The Balaban J connectivity index is 2.37. The molecule has 0 aromatic rings. The van der Waals surface area contributed by atoms with Gasteiger partial charge in [0.2, 0.25) is 0 Å². The lowest BCUT2D eigenvalue weighted by Gasteiger charge is -2.27. The smallest absolute Gasteiger partial charge is 0.309 e. The van der Waals surface area contributed by atoms with Crippen molar-refractivity contribution < 1.29 is 9.53 Å². The van der Waals surface area contributed by atoms with Gasteiger partial charge < -0.3 is 4.74 Å². The summed E-state index contributed by atoms with van der Waals surface area (Å²) in [5.74, 6) is 0.672. The van der Waals surface area contributed by atoms with Crippen LogP contribution in [0, 0.1) is 11.8 Å². The summed E-state index contributed by atoms with van der Waals surface area (Å²) in [6, 6.07) is 0. The van der Waals surface area contributed by atoms with Crippen LogP contribution in [0.2, 0.25) is 0 Å². The van der Waals surface area contributed by atoms with Gasteiger partial charge in [-0.05, 0) is 32.1 Å². The number of ether oxygens (including phenoxy) is 1. The molecule has 0 aliphatic heterocycles. The third-order valence-electron chi connectivity index (χ3n) is 3.62. The zero-order chi connectivity index (χ0) is 11.3. The minimum absolute atomic E-state index is 0.0104. The summed E-state index contributed by atoms with van der Waals surface area (Å²) in [7, 11) is 0. The number of carbonyl (C=O) groups is 1. The minimum Gasteiger partial charge on any atom is -0.462 e. The van der Waals surface area contributed by atoms with Crippen molar-refractivity contribution in [1.29, 1.82) is 0 Å². The summed E-state index contributed by atoms with van der Waals surface area (Å²) in [6.45, 7) is 6.04. The fourth-order valence-electron chi connectivity index (χ4n) is 2.22. The molecule has 0 N–H and O–H groups in total. The molecule has 0 heterocycles. The van der Waals surface area contributed by atoms with E-state index in [0.29, 0.717) is 5.92 Å². The lowest BCUT2D eigenvalue weighted by molar-refractivity contribution is -0.155. The molecule has 1 aliphatic carbocycles. The second-order valence-corrected chi connectivity index (χ2v) is 4.84. The summed E-state index contributed by atoms with van der Waals surface area (Å²) >= 11 is 0. The van der Waals surface area contributed by atoms with E-state index < -0.39 is 0 Å². The quantitative estimate of drug-likeness (QED) is 0.666. The molecule has 15 heavy (non-hydrogen) atoms. The number of hydrogen-bond donors (Lipinski definition) is 0. The molecule has 2 heteroatoms. The van der Waals surface area contributed by atoms with Crippen molar-refractivity contribution in [1.82, 2.24) is 0 Å². The molecule has 2 nitrogen and oxygen atoms in total. The third kappa shape index (κ3) is 3.84. The van der Waals surface area contributed by atoms with Crippen LogP contribution >= 0.6 is 0 Å². The summed E-state index contributed by atoms with van der Waals surface area (Å²) in [5.41, 5.74) is 0. The molecule has 88 valence electrons. The second-order valence-electron chi connectivity index (χ2n) is 4.84. The molecule has 1 aliphatic rings. The topological polar surface area (TPSA) is 26.3 Å². The highest BCUT2D eigenvalue weighted by molar-refractivity contribution is 5.72. The van der Waals surface area contributed by atoms with E-state index in [1.54, 1.807) is 0 Å². The first-order chi connectivity index (χ1) is 7.15. The van der Waals surface area contributed by atoms with Gasteiger partial charge in [-0.2, -0.15) is 0 Å². The lowest BCUT2D eigenvalue weighted by Crippen LogP contribution is -2.27.